The Bertz CT molecular complexity index is 456. The molecule has 0 saturated carbocycles. The predicted octanol–water partition coefficient (Wildman–Crippen LogP) is 2.72. The van der Waals surface area contributed by atoms with Crippen molar-refractivity contribution in [2.24, 2.45) is 0 Å². The van der Waals surface area contributed by atoms with Gasteiger partial charge in [-0.15, -0.1) is 0 Å². The summed E-state index contributed by atoms with van der Waals surface area (Å²) in [5, 5.41) is 0. The highest BCUT2D eigenvalue weighted by molar-refractivity contribution is 5.27. The van der Waals surface area contributed by atoms with Gasteiger partial charge in [0.05, 0.1) is 0 Å². The number of ether oxygens (including phenoxy) is 1. The summed E-state index contributed by atoms with van der Waals surface area (Å²) in [6.07, 6.45) is 1.42. The molecule has 2 aromatic rings. The van der Waals surface area contributed by atoms with Crippen LogP contribution in [-0.4, -0.2) is 9.97 Å². The summed E-state index contributed by atoms with van der Waals surface area (Å²) in [4.78, 5) is 7.87. The highest BCUT2D eigenvalue weighted by atomic mass is 19.1. The second-order valence-corrected chi connectivity index (χ2v) is 3.05. The minimum atomic E-state index is -0.291. The molecule has 0 amide bonds. The van der Waals surface area contributed by atoms with Crippen LogP contribution in [0.5, 0.6) is 11.6 Å². The number of hydrogen-bond donors (Lipinski definition) is 0. The van der Waals surface area contributed by atoms with Gasteiger partial charge in [-0.3, -0.25) is 0 Å². The van der Waals surface area contributed by atoms with Crippen molar-refractivity contribution in [1.29, 1.82) is 0 Å². The lowest BCUT2D eigenvalue weighted by Gasteiger charge is -2.03. The van der Waals surface area contributed by atoms with Crippen molar-refractivity contribution in [1.82, 2.24) is 9.97 Å². The van der Waals surface area contributed by atoms with E-state index >= 15 is 0 Å². The Balaban J connectivity index is 2.18. The van der Waals surface area contributed by atoms with Crippen LogP contribution in [0.15, 0.2) is 36.7 Å². The van der Waals surface area contributed by atoms with Crippen LogP contribution in [0.1, 0.15) is 5.69 Å². The fraction of sp³-hybridized carbons (Fsp3) is 0.0909. The molecule has 2 rings (SSSR count). The topological polar surface area (TPSA) is 35.0 Å². The Morgan fingerprint density at radius 1 is 1.13 bits per heavy atom. The van der Waals surface area contributed by atoms with Crippen molar-refractivity contribution in [3.8, 4) is 11.6 Å². The second-order valence-electron chi connectivity index (χ2n) is 3.05. The molecular formula is C11H9FN2O. The average Bonchev–Trinajstić information content (AvgIpc) is 2.22. The standard InChI is InChI=1S/C11H9FN2O/c1-8-6-11(14-7-13-8)15-10-4-2-9(12)3-5-10/h2-7H,1H3. The van der Waals surface area contributed by atoms with Crippen molar-refractivity contribution in [2.75, 3.05) is 0 Å². The van der Waals surface area contributed by atoms with Crippen molar-refractivity contribution in [3.05, 3.63) is 48.2 Å². The quantitative estimate of drug-likeness (QED) is 0.754. The third kappa shape index (κ3) is 2.49. The molecule has 15 heavy (non-hydrogen) atoms. The lowest BCUT2D eigenvalue weighted by atomic mass is 10.3. The lowest BCUT2D eigenvalue weighted by Crippen LogP contribution is -1.90. The van der Waals surface area contributed by atoms with Crippen molar-refractivity contribution >= 4 is 0 Å². The summed E-state index contributed by atoms with van der Waals surface area (Å²) in [6, 6.07) is 7.48. The average molecular weight is 204 g/mol. The third-order valence-corrected chi connectivity index (χ3v) is 1.81. The number of aryl methyl sites for hydroxylation is 1. The first-order valence-electron chi connectivity index (χ1n) is 4.46. The normalized spacial score (nSPS) is 10.0. The summed E-state index contributed by atoms with van der Waals surface area (Å²) in [5.41, 5.74) is 0.821. The van der Waals surface area contributed by atoms with E-state index in [0.29, 0.717) is 11.6 Å². The van der Waals surface area contributed by atoms with Crippen LogP contribution in [0, 0.1) is 12.7 Å². The number of benzene rings is 1. The molecule has 0 aliphatic rings. The maximum Gasteiger partial charge on any atom is 0.222 e. The fourth-order valence-corrected chi connectivity index (χ4v) is 1.11. The number of hydrogen-bond acceptors (Lipinski definition) is 3. The van der Waals surface area contributed by atoms with E-state index in [9.17, 15) is 4.39 Å². The molecule has 0 fully saturated rings. The van der Waals surface area contributed by atoms with Gasteiger partial charge in [-0.2, -0.15) is 0 Å². The van der Waals surface area contributed by atoms with E-state index in [2.05, 4.69) is 9.97 Å². The molecule has 0 atom stereocenters. The van der Waals surface area contributed by atoms with E-state index in [1.807, 2.05) is 6.92 Å². The van der Waals surface area contributed by atoms with Gasteiger partial charge in [-0.1, -0.05) is 0 Å². The Hall–Kier alpha value is -1.97. The molecular weight excluding hydrogens is 195 g/mol. The van der Waals surface area contributed by atoms with E-state index in [0.717, 1.165) is 5.69 Å². The maximum absolute atomic E-state index is 12.6. The zero-order valence-corrected chi connectivity index (χ0v) is 8.14. The number of halogens is 1. The molecule has 0 aliphatic carbocycles. The van der Waals surface area contributed by atoms with Gasteiger partial charge >= 0.3 is 0 Å². The third-order valence-electron chi connectivity index (χ3n) is 1.81. The Morgan fingerprint density at radius 2 is 1.87 bits per heavy atom. The minimum Gasteiger partial charge on any atom is -0.439 e. The van der Waals surface area contributed by atoms with Crippen molar-refractivity contribution in [3.63, 3.8) is 0 Å². The molecule has 3 nitrogen and oxygen atoms in total. The molecule has 76 valence electrons. The van der Waals surface area contributed by atoms with E-state index in [1.54, 1.807) is 18.2 Å². The molecule has 1 aromatic carbocycles. The monoisotopic (exact) mass is 204 g/mol. The molecule has 0 aliphatic heterocycles. The molecule has 0 bridgehead atoms. The molecule has 0 unspecified atom stereocenters. The number of nitrogens with zero attached hydrogens (tertiary/aromatic N) is 2. The van der Waals surface area contributed by atoms with Gasteiger partial charge in [0.15, 0.2) is 0 Å². The summed E-state index contributed by atoms with van der Waals surface area (Å²) >= 11 is 0. The van der Waals surface area contributed by atoms with Gasteiger partial charge in [-0.25, -0.2) is 14.4 Å². The van der Waals surface area contributed by atoms with Crippen LogP contribution in [0.25, 0.3) is 0 Å². The van der Waals surface area contributed by atoms with E-state index < -0.39 is 0 Å². The summed E-state index contributed by atoms with van der Waals surface area (Å²) in [7, 11) is 0. The molecule has 0 spiro atoms. The molecule has 1 heterocycles. The molecule has 0 N–H and O–H groups in total. The van der Waals surface area contributed by atoms with Crippen LogP contribution >= 0.6 is 0 Å². The highest BCUT2D eigenvalue weighted by Gasteiger charge is 1.99. The summed E-state index contributed by atoms with van der Waals surface area (Å²) in [5.74, 6) is 0.713. The largest absolute Gasteiger partial charge is 0.439 e. The maximum atomic E-state index is 12.6. The Labute approximate surface area is 86.6 Å². The molecule has 4 heteroatoms. The predicted molar refractivity (Wildman–Crippen MR) is 53.2 cm³/mol. The lowest BCUT2D eigenvalue weighted by molar-refractivity contribution is 0.459. The first-order chi connectivity index (χ1) is 7.24. The van der Waals surface area contributed by atoms with Crippen LogP contribution in [-0.2, 0) is 0 Å². The van der Waals surface area contributed by atoms with Gasteiger partial charge in [-0.05, 0) is 31.2 Å². The van der Waals surface area contributed by atoms with Crippen LogP contribution in [0.3, 0.4) is 0 Å². The number of rotatable bonds is 2. The molecule has 1 aromatic heterocycles. The van der Waals surface area contributed by atoms with Crippen molar-refractivity contribution in [2.45, 2.75) is 6.92 Å². The second kappa shape index (κ2) is 4.04. The zero-order chi connectivity index (χ0) is 10.7. The van der Waals surface area contributed by atoms with Crippen molar-refractivity contribution < 1.29 is 9.13 Å². The van der Waals surface area contributed by atoms with Gasteiger partial charge in [0.25, 0.3) is 0 Å². The van der Waals surface area contributed by atoms with Gasteiger partial charge < -0.3 is 4.74 Å². The first kappa shape index (κ1) is 9.58. The Kier molecular flexibility index (Phi) is 2.58. The van der Waals surface area contributed by atoms with E-state index in [4.69, 9.17) is 4.74 Å². The fourth-order valence-electron chi connectivity index (χ4n) is 1.11. The van der Waals surface area contributed by atoms with Gasteiger partial charge in [0, 0.05) is 11.8 Å². The van der Waals surface area contributed by atoms with Crippen LogP contribution in [0.2, 0.25) is 0 Å². The minimum absolute atomic E-state index is 0.291. The van der Waals surface area contributed by atoms with E-state index in [1.165, 1.54) is 18.5 Å². The van der Waals surface area contributed by atoms with Crippen LogP contribution < -0.4 is 4.74 Å². The first-order valence-corrected chi connectivity index (χ1v) is 4.46. The van der Waals surface area contributed by atoms with Crippen LogP contribution in [0.4, 0.5) is 4.39 Å². The smallest absolute Gasteiger partial charge is 0.222 e. The SMILES string of the molecule is Cc1cc(Oc2ccc(F)cc2)ncn1. The molecule has 0 saturated heterocycles. The number of aromatic nitrogens is 2. The highest BCUT2D eigenvalue weighted by Crippen LogP contribution is 2.18. The summed E-state index contributed by atoms with van der Waals surface area (Å²) in [6.45, 7) is 1.85. The summed E-state index contributed by atoms with van der Waals surface area (Å²) < 4.78 is 18.0. The zero-order valence-electron chi connectivity index (χ0n) is 8.14. The van der Waals surface area contributed by atoms with Gasteiger partial charge in [0.2, 0.25) is 5.88 Å². The Morgan fingerprint density at radius 3 is 2.53 bits per heavy atom. The molecule has 0 radical (unpaired) electrons. The van der Waals surface area contributed by atoms with Gasteiger partial charge in [0.1, 0.15) is 17.9 Å². The van der Waals surface area contributed by atoms with E-state index in [-0.39, 0.29) is 5.82 Å².